The fourth-order valence-corrected chi connectivity index (χ4v) is 4.10. The van der Waals surface area contributed by atoms with Crippen molar-refractivity contribution in [3.63, 3.8) is 0 Å². The first-order chi connectivity index (χ1) is 15.0. The van der Waals surface area contributed by atoms with Gasteiger partial charge in [-0.2, -0.15) is 5.01 Å². The Hall–Kier alpha value is -3.09. The lowest BCUT2D eigenvalue weighted by Crippen LogP contribution is -2.43. The van der Waals surface area contributed by atoms with E-state index >= 15 is 0 Å². The zero-order valence-corrected chi connectivity index (χ0v) is 17.4. The summed E-state index contributed by atoms with van der Waals surface area (Å²) in [6.45, 7) is 2.54. The SMILES string of the molecule is CCOc1ccc(C2=CC3c4cc(Cl)ccc4OC(c4ccc(F)c(F)c4)N3N2)cc1. The fourth-order valence-electron chi connectivity index (χ4n) is 3.92. The second-order valence-electron chi connectivity index (χ2n) is 7.33. The van der Waals surface area contributed by atoms with Crippen LogP contribution in [-0.2, 0) is 0 Å². The van der Waals surface area contributed by atoms with Crippen LogP contribution in [0.4, 0.5) is 8.78 Å². The number of rotatable bonds is 4. The van der Waals surface area contributed by atoms with E-state index in [2.05, 4.69) is 11.5 Å². The Bertz CT molecular complexity index is 1170. The molecule has 0 amide bonds. The molecule has 3 aromatic rings. The molecule has 7 heteroatoms. The van der Waals surface area contributed by atoms with E-state index in [4.69, 9.17) is 21.1 Å². The summed E-state index contributed by atoms with van der Waals surface area (Å²) < 4.78 is 39.2. The summed E-state index contributed by atoms with van der Waals surface area (Å²) in [6.07, 6.45) is 1.41. The molecular formula is C24H19ClF2N2O2. The molecule has 1 N–H and O–H groups in total. The van der Waals surface area contributed by atoms with Crippen molar-refractivity contribution in [3.8, 4) is 11.5 Å². The van der Waals surface area contributed by atoms with Gasteiger partial charge in [0.05, 0.1) is 18.3 Å². The van der Waals surface area contributed by atoms with Crippen LogP contribution in [0.25, 0.3) is 5.70 Å². The molecule has 5 rings (SSSR count). The molecule has 0 aliphatic carbocycles. The summed E-state index contributed by atoms with van der Waals surface area (Å²) in [7, 11) is 0. The van der Waals surface area contributed by atoms with Gasteiger partial charge in [-0.05, 0) is 73.2 Å². The van der Waals surface area contributed by atoms with Crippen LogP contribution in [0.2, 0.25) is 5.02 Å². The van der Waals surface area contributed by atoms with Gasteiger partial charge in [0, 0.05) is 16.1 Å². The molecule has 2 aliphatic rings. The molecule has 0 radical (unpaired) electrons. The topological polar surface area (TPSA) is 33.7 Å². The quantitative estimate of drug-likeness (QED) is 0.538. The first-order valence-corrected chi connectivity index (χ1v) is 10.3. The Labute approximate surface area is 183 Å². The number of hydrogen-bond donors (Lipinski definition) is 1. The molecule has 0 spiro atoms. The van der Waals surface area contributed by atoms with Crippen molar-refractivity contribution in [2.75, 3.05) is 6.61 Å². The van der Waals surface area contributed by atoms with Crippen LogP contribution < -0.4 is 14.9 Å². The molecule has 0 saturated carbocycles. The molecule has 4 nitrogen and oxygen atoms in total. The molecule has 3 aromatic carbocycles. The number of hydrogen-bond acceptors (Lipinski definition) is 4. The molecule has 158 valence electrons. The Kier molecular flexibility index (Phi) is 5.04. The molecule has 0 saturated heterocycles. The number of ether oxygens (including phenoxy) is 2. The number of nitrogens with one attached hydrogen (secondary N) is 1. The third-order valence-electron chi connectivity index (χ3n) is 5.36. The summed E-state index contributed by atoms with van der Waals surface area (Å²) in [6, 6.07) is 16.7. The van der Waals surface area contributed by atoms with Crippen LogP contribution in [0.5, 0.6) is 11.5 Å². The van der Waals surface area contributed by atoms with E-state index in [0.717, 1.165) is 34.7 Å². The van der Waals surface area contributed by atoms with Crippen molar-refractivity contribution in [1.29, 1.82) is 0 Å². The molecule has 2 aliphatic heterocycles. The number of hydrazine groups is 1. The standard InChI is InChI=1S/C24H19ClF2N2O2/c1-2-30-17-7-3-14(4-8-17)21-13-22-18-12-16(25)6-10-23(18)31-24(29(22)28-21)15-5-9-19(26)20(27)11-15/h3-13,22,24,28H,2H2,1H3. The van der Waals surface area contributed by atoms with Gasteiger partial charge in [-0.15, -0.1) is 0 Å². The summed E-state index contributed by atoms with van der Waals surface area (Å²) >= 11 is 6.24. The third-order valence-corrected chi connectivity index (χ3v) is 5.60. The Morgan fingerprint density at radius 1 is 1.03 bits per heavy atom. The second kappa shape index (κ2) is 7.87. The molecule has 2 unspecified atom stereocenters. The van der Waals surface area contributed by atoms with Crippen LogP contribution in [0, 0.1) is 11.6 Å². The van der Waals surface area contributed by atoms with E-state index in [1.165, 1.54) is 6.07 Å². The summed E-state index contributed by atoms with van der Waals surface area (Å²) in [5.41, 5.74) is 6.60. The third kappa shape index (κ3) is 3.62. The highest BCUT2D eigenvalue weighted by Gasteiger charge is 2.40. The molecule has 0 bridgehead atoms. The lowest BCUT2D eigenvalue weighted by molar-refractivity contribution is -0.0328. The Morgan fingerprint density at radius 3 is 2.58 bits per heavy atom. The lowest BCUT2D eigenvalue weighted by Gasteiger charge is -2.39. The summed E-state index contributed by atoms with van der Waals surface area (Å²) in [5, 5.41) is 2.47. The molecule has 0 fully saturated rings. The average Bonchev–Trinajstić information content (AvgIpc) is 3.22. The number of benzene rings is 3. The van der Waals surface area contributed by atoms with Crippen LogP contribution in [0.1, 0.15) is 35.9 Å². The zero-order chi connectivity index (χ0) is 21.5. The van der Waals surface area contributed by atoms with E-state index in [1.54, 1.807) is 12.1 Å². The monoisotopic (exact) mass is 440 g/mol. The minimum absolute atomic E-state index is 0.206. The second-order valence-corrected chi connectivity index (χ2v) is 7.76. The summed E-state index contributed by atoms with van der Waals surface area (Å²) in [5.74, 6) is -0.376. The first-order valence-electron chi connectivity index (χ1n) is 9.94. The molecule has 2 atom stereocenters. The molecule has 0 aromatic heterocycles. The van der Waals surface area contributed by atoms with E-state index in [0.29, 0.717) is 22.9 Å². The smallest absolute Gasteiger partial charge is 0.196 e. The van der Waals surface area contributed by atoms with Crippen molar-refractivity contribution in [2.45, 2.75) is 19.2 Å². The van der Waals surface area contributed by atoms with Crippen LogP contribution >= 0.6 is 11.6 Å². The zero-order valence-electron chi connectivity index (χ0n) is 16.6. The molecule has 2 heterocycles. The van der Waals surface area contributed by atoms with Crippen LogP contribution in [-0.4, -0.2) is 11.6 Å². The highest BCUT2D eigenvalue weighted by Crippen LogP contribution is 2.46. The van der Waals surface area contributed by atoms with Gasteiger partial charge in [0.1, 0.15) is 11.5 Å². The van der Waals surface area contributed by atoms with Gasteiger partial charge in [0.2, 0.25) is 0 Å². The maximum absolute atomic E-state index is 14.0. The van der Waals surface area contributed by atoms with Crippen molar-refractivity contribution in [3.05, 3.63) is 100 Å². The van der Waals surface area contributed by atoms with Gasteiger partial charge in [-0.3, -0.25) is 0 Å². The maximum Gasteiger partial charge on any atom is 0.196 e. The molecule has 31 heavy (non-hydrogen) atoms. The van der Waals surface area contributed by atoms with Crippen molar-refractivity contribution < 1.29 is 18.3 Å². The maximum atomic E-state index is 14.0. The normalized spacial score (nSPS) is 19.7. The number of halogens is 3. The highest BCUT2D eigenvalue weighted by molar-refractivity contribution is 6.30. The largest absolute Gasteiger partial charge is 0.494 e. The van der Waals surface area contributed by atoms with Crippen LogP contribution in [0.3, 0.4) is 0 Å². The number of nitrogens with zero attached hydrogens (tertiary/aromatic N) is 1. The van der Waals surface area contributed by atoms with Crippen molar-refractivity contribution in [1.82, 2.24) is 10.4 Å². The van der Waals surface area contributed by atoms with E-state index < -0.39 is 17.9 Å². The van der Waals surface area contributed by atoms with Gasteiger partial charge in [0.15, 0.2) is 17.9 Å². The van der Waals surface area contributed by atoms with Gasteiger partial charge in [-0.1, -0.05) is 17.7 Å². The van der Waals surface area contributed by atoms with Gasteiger partial charge >= 0.3 is 0 Å². The van der Waals surface area contributed by atoms with Gasteiger partial charge in [-0.25, -0.2) is 8.78 Å². The predicted molar refractivity (Wildman–Crippen MR) is 114 cm³/mol. The highest BCUT2D eigenvalue weighted by atomic mass is 35.5. The van der Waals surface area contributed by atoms with E-state index in [1.807, 2.05) is 42.3 Å². The molecular weight excluding hydrogens is 422 g/mol. The minimum Gasteiger partial charge on any atom is -0.494 e. The minimum atomic E-state index is -0.918. The predicted octanol–water partition coefficient (Wildman–Crippen LogP) is 6.01. The van der Waals surface area contributed by atoms with E-state index in [9.17, 15) is 8.78 Å². The summed E-state index contributed by atoms with van der Waals surface area (Å²) in [4.78, 5) is 0. The van der Waals surface area contributed by atoms with Gasteiger partial charge < -0.3 is 14.9 Å². The van der Waals surface area contributed by atoms with Gasteiger partial charge in [0.25, 0.3) is 0 Å². The number of fused-ring (bicyclic) bond motifs is 3. The van der Waals surface area contributed by atoms with Crippen molar-refractivity contribution >= 4 is 17.3 Å². The average molecular weight is 441 g/mol. The first kappa shape index (κ1) is 19.8. The Balaban J connectivity index is 1.54. The van der Waals surface area contributed by atoms with E-state index in [-0.39, 0.29) is 6.04 Å². The fraction of sp³-hybridized carbons (Fsp3) is 0.167. The Morgan fingerprint density at radius 2 is 1.84 bits per heavy atom. The van der Waals surface area contributed by atoms with Crippen molar-refractivity contribution in [2.24, 2.45) is 0 Å². The van der Waals surface area contributed by atoms with Crippen LogP contribution in [0.15, 0.2) is 66.7 Å². The lowest BCUT2D eigenvalue weighted by atomic mass is 10.0.